The van der Waals surface area contributed by atoms with Gasteiger partial charge in [-0.05, 0) is 6.92 Å². The fourth-order valence-electron chi connectivity index (χ4n) is 1.59. The number of nitrogens with one attached hydrogen (secondary N) is 1. The van der Waals surface area contributed by atoms with Crippen molar-refractivity contribution in [2.75, 3.05) is 6.54 Å². The van der Waals surface area contributed by atoms with Crippen LogP contribution >= 0.6 is 0 Å². The van der Waals surface area contributed by atoms with Crippen LogP contribution in [0.5, 0.6) is 0 Å². The van der Waals surface area contributed by atoms with E-state index in [1.54, 1.807) is 13.1 Å². The van der Waals surface area contributed by atoms with Gasteiger partial charge in [0, 0.05) is 6.54 Å². The molecule has 94 valence electrons. The minimum atomic E-state index is -3.36. The van der Waals surface area contributed by atoms with Crippen molar-refractivity contribution in [1.82, 2.24) is 10.3 Å². The Morgan fingerprint density at radius 3 is 2.94 bits per heavy atom. The van der Waals surface area contributed by atoms with Crippen LogP contribution in [-0.2, 0) is 16.1 Å². The number of cyclic esters (lactones) is 1. The summed E-state index contributed by atoms with van der Waals surface area (Å²) in [5, 5.41) is 2.85. The number of aryl methyl sites for hydroxylation is 1. The van der Waals surface area contributed by atoms with Crippen molar-refractivity contribution in [3.05, 3.63) is 17.8 Å². The third-order valence-electron chi connectivity index (χ3n) is 2.37. The number of hydrogen-bond acceptors (Lipinski definition) is 5. The molecule has 1 aromatic rings. The van der Waals surface area contributed by atoms with Gasteiger partial charge in [0.2, 0.25) is 5.89 Å². The Hall–Kier alpha value is -1.50. The summed E-state index contributed by atoms with van der Waals surface area (Å²) in [5.74, 6) is -3.65. The fourth-order valence-corrected chi connectivity index (χ4v) is 1.59. The van der Waals surface area contributed by atoms with E-state index in [9.17, 15) is 13.6 Å². The molecule has 2 heterocycles. The Labute approximate surface area is 96.2 Å². The lowest BCUT2D eigenvalue weighted by Crippen LogP contribution is -2.26. The highest BCUT2D eigenvalue weighted by molar-refractivity contribution is 5.79. The van der Waals surface area contributed by atoms with Crippen LogP contribution in [0, 0.1) is 6.92 Å². The topological polar surface area (TPSA) is 64.4 Å². The van der Waals surface area contributed by atoms with E-state index in [2.05, 4.69) is 15.0 Å². The molecule has 0 amide bonds. The Morgan fingerprint density at radius 1 is 1.65 bits per heavy atom. The zero-order valence-corrected chi connectivity index (χ0v) is 9.20. The van der Waals surface area contributed by atoms with Crippen LogP contribution in [0.2, 0.25) is 0 Å². The Bertz CT molecular complexity index is 419. The number of ether oxygens (including phenoxy) is 1. The molecule has 0 radical (unpaired) electrons. The van der Waals surface area contributed by atoms with Crippen LogP contribution in [0.1, 0.15) is 18.1 Å². The second-order valence-electron chi connectivity index (χ2n) is 3.93. The van der Waals surface area contributed by atoms with E-state index in [1.807, 2.05) is 0 Å². The van der Waals surface area contributed by atoms with Gasteiger partial charge in [-0.2, -0.15) is 8.78 Å². The van der Waals surface area contributed by atoms with E-state index in [0.717, 1.165) is 0 Å². The lowest BCUT2D eigenvalue weighted by Gasteiger charge is -2.08. The van der Waals surface area contributed by atoms with Gasteiger partial charge < -0.3 is 14.5 Å². The third-order valence-corrected chi connectivity index (χ3v) is 2.37. The first-order chi connectivity index (χ1) is 7.97. The van der Waals surface area contributed by atoms with E-state index < -0.39 is 24.4 Å². The van der Waals surface area contributed by atoms with Gasteiger partial charge in [-0.3, -0.25) is 0 Å². The van der Waals surface area contributed by atoms with Crippen LogP contribution in [0.4, 0.5) is 8.78 Å². The summed E-state index contributed by atoms with van der Waals surface area (Å²) in [6, 6.07) is 0. The van der Waals surface area contributed by atoms with Crippen molar-refractivity contribution in [2.24, 2.45) is 0 Å². The molecule has 1 aliphatic rings. The van der Waals surface area contributed by atoms with Crippen molar-refractivity contribution in [3.8, 4) is 0 Å². The fraction of sp³-hybridized carbons (Fsp3) is 0.600. The predicted molar refractivity (Wildman–Crippen MR) is 52.4 cm³/mol. The molecule has 2 rings (SSSR count). The smallest absolute Gasteiger partial charge is 0.377 e. The Morgan fingerprint density at radius 2 is 2.41 bits per heavy atom. The molecule has 17 heavy (non-hydrogen) atoms. The van der Waals surface area contributed by atoms with E-state index in [-0.39, 0.29) is 6.54 Å². The summed E-state index contributed by atoms with van der Waals surface area (Å²) in [4.78, 5) is 14.7. The zero-order valence-electron chi connectivity index (χ0n) is 9.20. The second-order valence-corrected chi connectivity index (χ2v) is 3.93. The van der Waals surface area contributed by atoms with Crippen molar-refractivity contribution in [2.45, 2.75) is 31.9 Å². The number of carbonyl (C=O) groups excluding carboxylic acids is 1. The average molecular weight is 246 g/mol. The van der Waals surface area contributed by atoms with E-state index in [0.29, 0.717) is 18.2 Å². The molecule has 1 unspecified atom stereocenters. The van der Waals surface area contributed by atoms with Gasteiger partial charge in [0.15, 0.2) is 0 Å². The standard InChI is InChI=1S/C10H12F2N2O3/c1-6-3-14-8(16-6)5-13-4-7-2-10(11,12)9(15)17-7/h3,7,13H,2,4-5H2,1H3. The monoisotopic (exact) mass is 246 g/mol. The first-order valence-corrected chi connectivity index (χ1v) is 5.18. The molecule has 1 saturated heterocycles. The summed E-state index contributed by atoms with van der Waals surface area (Å²) >= 11 is 0. The number of alkyl halides is 2. The minimum absolute atomic E-state index is 0.156. The molecule has 5 nitrogen and oxygen atoms in total. The number of hydrogen-bond donors (Lipinski definition) is 1. The molecule has 1 atom stereocenters. The number of aromatic nitrogens is 1. The zero-order chi connectivity index (χ0) is 12.5. The molecule has 0 bridgehead atoms. The van der Waals surface area contributed by atoms with Crippen LogP contribution in [0.3, 0.4) is 0 Å². The van der Waals surface area contributed by atoms with Crippen molar-refractivity contribution < 1.29 is 22.7 Å². The number of oxazole rings is 1. The number of rotatable bonds is 4. The SMILES string of the molecule is Cc1cnc(CNCC2CC(F)(F)C(=O)O2)o1. The molecule has 0 aliphatic carbocycles. The number of carbonyl (C=O) groups is 1. The highest BCUT2D eigenvalue weighted by atomic mass is 19.3. The molecule has 7 heteroatoms. The minimum Gasteiger partial charge on any atom is -0.456 e. The van der Waals surface area contributed by atoms with E-state index in [4.69, 9.17) is 4.42 Å². The van der Waals surface area contributed by atoms with Gasteiger partial charge in [-0.25, -0.2) is 9.78 Å². The molecule has 0 saturated carbocycles. The highest BCUT2D eigenvalue weighted by Crippen LogP contribution is 2.30. The second kappa shape index (κ2) is 4.40. The van der Waals surface area contributed by atoms with Crippen LogP contribution in [0.15, 0.2) is 10.6 Å². The summed E-state index contributed by atoms with van der Waals surface area (Å²) in [5.41, 5.74) is 0. The van der Waals surface area contributed by atoms with Crippen LogP contribution in [-0.4, -0.2) is 29.5 Å². The summed E-state index contributed by atoms with van der Waals surface area (Å²) in [6.07, 6.45) is 0.193. The first-order valence-electron chi connectivity index (χ1n) is 5.18. The van der Waals surface area contributed by atoms with Crippen molar-refractivity contribution in [3.63, 3.8) is 0 Å². The Kier molecular flexibility index (Phi) is 3.10. The van der Waals surface area contributed by atoms with Gasteiger partial charge in [-0.1, -0.05) is 0 Å². The third kappa shape index (κ3) is 2.79. The normalized spacial score (nSPS) is 22.8. The molecule has 0 spiro atoms. The number of nitrogens with zero attached hydrogens (tertiary/aromatic N) is 1. The Balaban J connectivity index is 1.75. The first kappa shape index (κ1) is 12.0. The maximum absolute atomic E-state index is 12.8. The van der Waals surface area contributed by atoms with Gasteiger partial charge in [0.05, 0.1) is 19.2 Å². The van der Waals surface area contributed by atoms with Gasteiger partial charge in [0.1, 0.15) is 11.9 Å². The van der Waals surface area contributed by atoms with Gasteiger partial charge >= 0.3 is 11.9 Å². The van der Waals surface area contributed by atoms with Crippen LogP contribution in [0.25, 0.3) is 0 Å². The summed E-state index contributed by atoms with van der Waals surface area (Å²) in [7, 11) is 0. The van der Waals surface area contributed by atoms with E-state index in [1.165, 1.54) is 0 Å². The molecule has 1 fully saturated rings. The van der Waals surface area contributed by atoms with Gasteiger partial charge in [-0.15, -0.1) is 0 Å². The average Bonchev–Trinajstić information content (AvgIpc) is 2.73. The largest absolute Gasteiger partial charge is 0.456 e. The quantitative estimate of drug-likeness (QED) is 0.804. The van der Waals surface area contributed by atoms with Crippen molar-refractivity contribution in [1.29, 1.82) is 0 Å². The maximum Gasteiger partial charge on any atom is 0.377 e. The summed E-state index contributed by atoms with van der Waals surface area (Å²) in [6.45, 7) is 2.23. The molecule has 1 N–H and O–H groups in total. The van der Waals surface area contributed by atoms with Crippen LogP contribution < -0.4 is 5.32 Å². The van der Waals surface area contributed by atoms with Gasteiger partial charge in [0.25, 0.3) is 0 Å². The molecule has 1 aliphatic heterocycles. The van der Waals surface area contributed by atoms with E-state index >= 15 is 0 Å². The number of esters is 1. The molecule has 0 aromatic carbocycles. The number of halogens is 2. The maximum atomic E-state index is 12.8. The summed E-state index contributed by atoms with van der Waals surface area (Å²) < 4.78 is 35.3. The van der Waals surface area contributed by atoms with Crippen molar-refractivity contribution >= 4 is 5.97 Å². The molecular weight excluding hydrogens is 234 g/mol. The molecule has 1 aromatic heterocycles. The lowest BCUT2D eigenvalue weighted by atomic mass is 10.2. The predicted octanol–water partition coefficient (Wildman–Crippen LogP) is 1.02. The lowest BCUT2D eigenvalue weighted by molar-refractivity contribution is -0.159. The molecular formula is C10H12F2N2O3. The highest BCUT2D eigenvalue weighted by Gasteiger charge is 2.50.